The normalized spacial score (nSPS) is 24.3. The van der Waals surface area contributed by atoms with Gasteiger partial charge < -0.3 is 9.64 Å². The summed E-state index contributed by atoms with van der Waals surface area (Å²) in [6.45, 7) is 2.06. The van der Waals surface area contributed by atoms with Crippen molar-refractivity contribution in [2.75, 3.05) is 19.8 Å². The van der Waals surface area contributed by atoms with E-state index < -0.39 is 0 Å². The molecule has 5 nitrogen and oxygen atoms in total. The van der Waals surface area contributed by atoms with Gasteiger partial charge in [-0.3, -0.25) is 9.89 Å². The van der Waals surface area contributed by atoms with Crippen molar-refractivity contribution in [3.8, 4) is 0 Å². The topological polar surface area (TPSA) is 58.2 Å². The van der Waals surface area contributed by atoms with Crippen LogP contribution in [0.5, 0.6) is 0 Å². The summed E-state index contributed by atoms with van der Waals surface area (Å²) in [6, 6.07) is 0. The molecule has 18 heavy (non-hydrogen) atoms. The number of carbonyl (C=O) groups is 1. The number of rotatable bonds is 1. The predicted molar refractivity (Wildman–Crippen MR) is 64.4 cm³/mol. The number of nitrogens with zero attached hydrogens (tertiary/aromatic N) is 2. The Hall–Kier alpha value is -1.36. The molecule has 0 unspecified atom stereocenters. The summed E-state index contributed by atoms with van der Waals surface area (Å²) in [5.41, 5.74) is 2.98. The summed E-state index contributed by atoms with van der Waals surface area (Å²) in [5.74, 6) is 0.107. The zero-order valence-corrected chi connectivity index (χ0v) is 10.4. The number of aromatic amines is 1. The maximum Gasteiger partial charge on any atom is 0.275 e. The van der Waals surface area contributed by atoms with Gasteiger partial charge in [0.05, 0.1) is 18.8 Å². The van der Waals surface area contributed by atoms with Gasteiger partial charge in [0.25, 0.3) is 5.91 Å². The van der Waals surface area contributed by atoms with E-state index >= 15 is 0 Å². The highest BCUT2D eigenvalue weighted by Crippen LogP contribution is 2.44. The van der Waals surface area contributed by atoms with Crippen molar-refractivity contribution in [2.24, 2.45) is 0 Å². The molecule has 2 heterocycles. The smallest absolute Gasteiger partial charge is 0.275 e. The Morgan fingerprint density at radius 2 is 2.28 bits per heavy atom. The third kappa shape index (κ3) is 1.37. The minimum atomic E-state index is -0.000227. The van der Waals surface area contributed by atoms with E-state index in [0.717, 1.165) is 43.4 Å². The molecule has 0 bridgehead atoms. The first kappa shape index (κ1) is 10.6. The highest BCUT2D eigenvalue weighted by Gasteiger charge is 2.52. The summed E-state index contributed by atoms with van der Waals surface area (Å²) < 4.78 is 5.52. The monoisotopic (exact) mass is 247 g/mol. The first-order chi connectivity index (χ1) is 8.80. The number of aryl methyl sites for hydroxylation is 1. The fraction of sp³-hybridized carbons (Fsp3) is 0.692. The number of amides is 1. The van der Waals surface area contributed by atoms with Crippen LogP contribution in [0.1, 0.15) is 41.0 Å². The van der Waals surface area contributed by atoms with Crippen LogP contribution in [0.4, 0.5) is 0 Å². The lowest BCUT2D eigenvalue weighted by molar-refractivity contribution is -0.0121. The molecular formula is C13H17N3O2. The minimum absolute atomic E-state index is 0.000227. The van der Waals surface area contributed by atoms with Crippen LogP contribution in [0.3, 0.4) is 0 Å². The van der Waals surface area contributed by atoms with Crippen molar-refractivity contribution in [1.82, 2.24) is 15.1 Å². The second kappa shape index (κ2) is 3.57. The van der Waals surface area contributed by atoms with E-state index in [0.29, 0.717) is 25.5 Å². The van der Waals surface area contributed by atoms with E-state index in [4.69, 9.17) is 4.74 Å². The lowest BCUT2D eigenvalue weighted by atomic mass is 10.1. The molecule has 4 rings (SSSR count). The van der Waals surface area contributed by atoms with Crippen LogP contribution in [0.2, 0.25) is 0 Å². The molecule has 0 atom stereocenters. The van der Waals surface area contributed by atoms with Crippen molar-refractivity contribution in [3.63, 3.8) is 0 Å². The lowest BCUT2D eigenvalue weighted by Gasteiger charge is -2.35. The third-order valence-corrected chi connectivity index (χ3v) is 4.48. The number of carbonyl (C=O) groups excluding carboxylic acids is 1. The molecule has 1 amide bonds. The number of aromatic nitrogens is 2. The molecule has 1 N–H and O–H groups in total. The van der Waals surface area contributed by atoms with Crippen LogP contribution < -0.4 is 0 Å². The molecule has 1 aromatic rings. The zero-order chi connectivity index (χ0) is 12.2. The van der Waals surface area contributed by atoms with Crippen molar-refractivity contribution >= 4 is 5.91 Å². The van der Waals surface area contributed by atoms with Crippen molar-refractivity contribution in [1.29, 1.82) is 0 Å². The fourth-order valence-electron chi connectivity index (χ4n) is 3.23. The molecule has 0 radical (unpaired) electrons. The lowest BCUT2D eigenvalue weighted by Crippen LogP contribution is -2.50. The van der Waals surface area contributed by atoms with Gasteiger partial charge in [-0.15, -0.1) is 0 Å². The van der Waals surface area contributed by atoms with Crippen LogP contribution in [0, 0.1) is 0 Å². The first-order valence-corrected chi connectivity index (χ1v) is 6.76. The number of nitrogens with one attached hydrogen (secondary N) is 1. The van der Waals surface area contributed by atoms with Crippen molar-refractivity contribution in [2.45, 2.75) is 37.6 Å². The van der Waals surface area contributed by atoms with E-state index in [1.165, 1.54) is 0 Å². The third-order valence-electron chi connectivity index (χ3n) is 4.48. The van der Waals surface area contributed by atoms with Gasteiger partial charge in [0.1, 0.15) is 0 Å². The quantitative estimate of drug-likeness (QED) is 0.802. The van der Waals surface area contributed by atoms with Gasteiger partial charge in [-0.2, -0.15) is 5.10 Å². The average Bonchev–Trinajstić information content (AvgIpc) is 2.85. The van der Waals surface area contributed by atoms with E-state index in [9.17, 15) is 4.79 Å². The Balaban J connectivity index is 1.66. The Labute approximate surface area is 105 Å². The Morgan fingerprint density at radius 1 is 1.39 bits per heavy atom. The minimum Gasteiger partial charge on any atom is -0.377 e. The molecule has 1 aliphatic heterocycles. The van der Waals surface area contributed by atoms with Crippen molar-refractivity contribution < 1.29 is 9.53 Å². The van der Waals surface area contributed by atoms with Crippen molar-refractivity contribution in [3.05, 3.63) is 17.0 Å². The van der Waals surface area contributed by atoms with E-state index in [1.807, 2.05) is 4.90 Å². The van der Waals surface area contributed by atoms with E-state index in [-0.39, 0.29) is 11.4 Å². The molecular weight excluding hydrogens is 230 g/mol. The van der Waals surface area contributed by atoms with Gasteiger partial charge in [-0.05, 0) is 32.1 Å². The maximum atomic E-state index is 12.7. The summed E-state index contributed by atoms with van der Waals surface area (Å²) >= 11 is 0. The molecule has 3 aliphatic rings. The molecule has 1 saturated carbocycles. The summed E-state index contributed by atoms with van der Waals surface area (Å²) in [6.07, 6.45) is 5.31. The van der Waals surface area contributed by atoms with Crippen LogP contribution >= 0.6 is 0 Å². The van der Waals surface area contributed by atoms with E-state index in [1.54, 1.807) is 0 Å². The number of H-pyrrole nitrogens is 1. The van der Waals surface area contributed by atoms with Gasteiger partial charge in [-0.25, -0.2) is 0 Å². The fourth-order valence-corrected chi connectivity index (χ4v) is 3.23. The summed E-state index contributed by atoms with van der Waals surface area (Å²) in [7, 11) is 0. The number of hydrogen-bond donors (Lipinski definition) is 1. The highest BCUT2D eigenvalue weighted by molar-refractivity contribution is 5.95. The molecule has 5 heteroatoms. The number of hydrogen-bond acceptors (Lipinski definition) is 3. The standard InChI is InChI=1S/C13H17N3O2/c17-12(11-9-2-1-3-10(9)14-15-11)16-6-7-18-8-13(16)4-5-13/h1-8H2,(H,14,15). The van der Waals surface area contributed by atoms with Gasteiger partial charge in [0.15, 0.2) is 5.69 Å². The molecule has 1 saturated heterocycles. The second-order valence-electron chi connectivity index (χ2n) is 5.62. The zero-order valence-electron chi connectivity index (χ0n) is 10.4. The Morgan fingerprint density at radius 3 is 3.11 bits per heavy atom. The maximum absolute atomic E-state index is 12.7. The highest BCUT2D eigenvalue weighted by atomic mass is 16.5. The van der Waals surface area contributed by atoms with E-state index in [2.05, 4.69) is 10.2 Å². The van der Waals surface area contributed by atoms with Gasteiger partial charge in [0.2, 0.25) is 0 Å². The van der Waals surface area contributed by atoms with Crippen LogP contribution in [-0.2, 0) is 17.6 Å². The Bertz CT molecular complexity index is 504. The van der Waals surface area contributed by atoms with Crippen LogP contribution in [0.15, 0.2) is 0 Å². The van der Waals surface area contributed by atoms with Gasteiger partial charge in [0, 0.05) is 17.8 Å². The Kier molecular flexibility index (Phi) is 2.09. The molecule has 1 aromatic heterocycles. The average molecular weight is 247 g/mol. The van der Waals surface area contributed by atoms with Crippen LogP contribution in [0.25, 0.3) is 0 Å². The second-order valence-corrected chi connectivity index (χ2v) is 5.62. The van der Waals surface area contributed by atoms with Gasteiger partial charge in [-0.1, -0.05) is 0 Å². The SMILES string of the molecule is O=C(c1n[nH]c2c1CCC2)N1CCOCC12CC2. The molecule has 2 aliphatic carbocycles. The number of morpholine rings is 1. The molecule has 96 valence electrons. The summed E-state index contributed by atoms with van der Waals surface area (Å²) in [4.78, 5) is 14.7. The largest absolute Gasteiger partial charge is 0.377 e. The van der Waals surface area contributed by atoms with Gasteiger partial charge >= 0.3 is 0 Å². The van der Waals surface area contributed by atoms with Crippen LogP contribution in [-0.4, -0.2) is 46.3 Å². The predicted octanol–water partition coefficient (Wildman–Crippen LogP) is 0.903. The molecule has 0 aromatic carbocycles. The number of ether oxygens (including phenoxy) is 1. The number of fused-ring (bicyclic) bond motifs is 1. The molecule has 2 fully saturated rings. The summed E-state index contributed by atoms with van der Waals surface area (Å²) in [5, 5.41) is 7.27. The first-order valence-electron chi connectivity index (χ1n) is 6.76. The molecule has 1 spiro atoms.